The van der Waals surface area contributed by atoms with Crippen molar-refractivity contribution in [2.75, 3.05) is 25.0 Å². The molecule has 1 aromatic carbocycles. The van der Waals surface area contributed by atoms with Crippen LogP contribution in [0.15, 0.2) is 33.9 Å². The number of benzene rings is 1. The largest absolute Gasteiger partial charge is 0.508 e. The molecule has 0 radical (unpaired) electrons. The Morgan fingerprint density at radius 3 is 2.47 bits per heavy atom. The number of fused-ring (bicyclic) bond motifs is 1. The average Bonchev–Trinajstić information content (AvgIpc) is 3.13. The van der Waals surface area contributed by atoms with E-state index >= 15 is 0 Å². The van der Waals surface area contributed by atoms with Gasteiger partial charge < -0.3 is 30.5 Å². The molecule has 174 valence electrons. The molecular weight excluding hydrogens is 416 g/mol. The van der Waals surface area contributed by atoms with Gasteiger partial charge in [0.2, 0.25) is 5.95 Å². The lowest BCUT2D eigenvalue weighted by atomic mass is 10.1. The summed E-state index contributed by atoms with van der Waals surface area (Å²) >= 11 is 0. The van der Waals surface area contributed by atoms with Crippen LogP contribution >= 0.6 is 0 Å². The number of phenols is 1. The van der Waals surface area contributed by atoms with Gasteiger partial charge in [0.05, 0.1) is 19.3 Å². The van der Waals surface area contributed by atoms with E-state index in [2.05, 4.69) is 15.6 Å². The van der Waals surface area contributed by atoms with Gasteiger partial charge in [-0.25, -0.2) is 4.79 Å². The number of phenolic OH excluding ortho intramolecular Hbond substituents is 1. The van der Waals surface area contributed by atoms with Gasteiger partial charge >= 0.3 is 5.69 Å². The van der Waals surface area contributed by atoms with Crippen molar-refractivity contribution in [2.45, 2.75) is 32.0 Å². The molecule has 3 aromatic rings. The zero-order chi connectivity index (χ0) is 23.4. The minimum atomic E-state index is -0.841. The molecule has 0 amide bonds. The summed E-state index contributed by atoms with van der Waals surface area (Å²) in [5.41, 5.74) is 0.461. The third kappa shape index (κ3) is 5.01. The molecule has 0 aliphatic rings. The zero-order valence-electron chi connectivity index (χ0n) is 18.4. The molecule has 2 aromatic heterocycles. The SMILES string of the molecule is CC(Cc1ccc(O)cc1)NCC(O)Cn1c(NCCO)nc2c1c(=O)n(C)c(=O)n2C. The molecule has 2 unspecified atom stereocenters. The Labute approximate surface area is 184 Å². The van der Waals surface area contributed by atoms with E-state index in [9.17, 15) is 19.8 Å². The average molecular weight is 447 g/mol. The maximum absolute atomic E-state index is 12.8. The quantitative estimate of drug-likeness (QED) is 0.270. The van der Waals surface area contributed by atoms with E-state index < -0.39 is 17.4 Å². The first kappa shape index (κ1) is 23.5. The summed E-state index contributed by atoms with van der Waals surface area (Å²) < 4.78 is 3.83. The molecule has 11 nitrogen and oxygen atoms in total. The number of aliphatic hydroxyl groups excluding tert-OH is 2. The Hall–Kier alpha value is -3.15. The second-order valence-corrected chi connectivity index (χ2v) is 7.91. The summed E-state index contributed by atoms with van der Waals surface area (Å²) in [7, 11) is 2.92. The Balaban J connectivity index is 1.78. The lowest BCUT2D eigenvalue weighted by Crippen LogP contribution is -2.39. The molecule has 11 heteroatoms. The predicted molar refractivity (Wildman–Crippen MR) is 121 cm³/mol. The highest BCUT2D eigenvalue weighted by Gasteiger charge is 2.21. The predicted octanol–water partition coefficient (Wildman–Crippen LogP) is -0.875. The van der Waals surface area contributed by atoms with Gasteiger partial charge in [-0.15, -0.1) is 0 Å². The highest BCUT2D eigenvalue weighted by molar-refractivity contribution is 5.74. The normalized spacial score (nSPS) is 13.4. The number of rotatable bonds is 10. The molecule has 0 spiro atoms. The number of imidazole rings is 1. The fourth-order valence-corrected chi connectivity index (χ4v) is 3.60. The van der Waals surface area contributed by atoms with Crippen molar-refractivity contribution in [2.24, 2.45) is 14.1 Å². The van der Waals surface area contributed by atoms with Crippen molar-refractivity contribution >= 4 is 17.1 Å². The van der Waals surface area contributed by atoms with Crippen LogP contribution < -0.4 is 21.9 Å². The Morgan fingerprint density at radius 1 is 1.12 bits per heavy atom. The number of hydrogen-bond donors (Lipinski definition) is 5. The summed E-state index contributed by atoms with van der Waals surface area (Å²) in [6.07, 6.45) is -0.126. The minimum Gasteiger partial charge on any atom is -0.508 e. The lowest BCUT2D eigenvalue weighted by molar-refractivity contribution is 0.150. The van der Waals surface area contributed by atoms with Crippen LogP contribution in [0.4, 0.5) is 5.95 Å². The molecule has 0 aliphatic carbocycles. The summed E-state index contributed by atoms with van der Waals surface area (Å²) in [4.78, 5) is 29.4. The molecule has 32 heavy (non-hydrogen) atoms. The molecule has 5 N–H and O–H groups in total. The molecule has 0 saturated carbocycles. The number of nitrogens with one attached hydrogen (secondary N) is 2. The number of aliphatic hydroxyl groups is 2. The molecule has 0 aliphatic heterocycles. The van der Waals surface area contributed by atoms with Crippen LogP contribution in [0.3, 0.4) is 0 Å². The maximum Gasteiger partial charge on any atom is 0.332 e. The van der Waals surface area contributed by atoms with Crippen molar-refractivity contribution in [3.05, 3.63) is 50.7 Å². The summed E-state index contributed by atoms with van der Waals surface area (Å²) in [5.74, 6) is 0.509. The molecule has 0 fully saturated rings. The number of aryl methyl sites for hydroxylation is 1. The van der Waals surface area contributed by atoms with Gasteiger partial charge in [-0.05, 0) is 31.0 Å². The second-order valence-electron chi connectivity index (χ2n) is 7.91. The van der Waals surface area contributed by atoms with Crippen LogP contribution in [0, 0.1) is 0 Å². The van der Waals surface area contributed by atoms with Crippen LogP contribution in [0.25, 0.3) is 11.2 Å². The van der Waals surface area contributed by atoms with E-state index in [4.69, 9.17) is 5.11 Å². The Bertz CT molecular complexity index is 1180. The minimum absolute atomic E-state index is 0.0643. The monoisotopic (exact) mass is 446 g/mol. The molecule has 0 bridgehead atoms. The van der Waals surface area contributed by atoms with Crippen LogP contribution in [-0.2, 0) is 27.1 Å². The van der Waals surface area contributed by atoms with Crippen molar-refractivity contribution in [3.8, 4) is 5.75 Å². The Morgan fingerprint density at radius 2 is 1.81 bits per heavy atom. The summed E-state index contributed by atoms with van der Waals surface area (Å²) in [5, 5.41) is 35.4. The van der Waals surface area contributed by atoms with Crippen molar-refractivity contribution in [3.63, 3.8) is 0 Å². The first-order valence-corrected chi connectivity index (χ1v) is 10.4. The number of anilines is 1. The van der Waals surface area contributed by atoms with E-state index in [0.717, 1.165) is 10.1 Å². The number of aromatic nitrogens is 4. The molecular formula is C21H30N6O5. The summed E-state index contributed by atoms with van der Waals surface area (Å²) in [6, 6.07) is 7.03. The van der Waals surface area contributed by atoms with Gasteiger partial charge in [0, 0.05) is 33.2 Å². The first-order valence-electron chi connectivity index (χ1n) is 10.4. The molecule has 2 heterocycles. The first-order chi connectivity index (χ1) is 15.2. The van der Waals surface area contributed by atoms with Gasteiger partial charge in [-0.2, -0.15) is 4.98 Å². The second kappa shape index (κ2) is 9.98. The standard InChI is InChI=1S/C21H30N6O5/c1-13(10-14-4-6-15(29)7-5-14)23-11-16(30)12-27-17-18(24-20(27)22-8-9-28)25(2)21(32)26(3)19(17)31/h4-7,13,16,23,28-30H,8-12H2,1-3H3,(H,22,24). The summed E-state index contributed by atoms with van der Waals surface area (Å²) in [6.45, 7) is 2.39. The number of aromatic hydroxyl groups is 1. The molecule has 0 saturated heterocycles. The van der Waals surface area contributed by atoms with Crippen LogP contribution in [0.1, 0.15) is 12.5 Å². The van der Waals surface area contributed by atoms with E-state index in [1.807, 2.05) is 19.1 Å². The molecule has 2 atom stereocenters. The third-order valence-corrected chi connectivity index (χ3v) is 5.32. The van der Waals surface area contributed by atoms with E-state index in [1.54, 1.807) is 16.7 Å². The lowest BCUT2D eigenvalue weighted by Gasteiger charge is -2.19. The molecule has 3 rings (SSSR count). The maximum atomic E-state index is 12.8. The Kier molecular flexibility index (Phi) is 7.33. The topological polar surface area (TPSA) is 147 Å². The highest BCUT2D eigenvalue weighted by atomic mass is 16.3. The van der Waals surface area contributed by atoms with E-state index in [0.29, 0.717) is 12.4 Å². The number of nitrogens with zero attached hydrogens (tertiary/aromatic N) is 4. The fraction of sp³-hybridized carbons (Fsp3) is 0.476. The number of hydrogen-bond acceptors (Lipinski definition) is 8. The zero-order valence-corrected chi connectivity index (χ0v) is 18.4. The van der Waals surface area contributed by atoms with Gasteiger partial charge in [0.15, 0.2) is 11.2 Å². The third-order valence-electron chi connectivity index (χ3n) is 5.32. The van der Waals surface area contributed by atoms with Crippen LogP contribution in [0.5, 0.6) is 5.75 Å². The van der Waals surface area contributed by atoms with Crippen LogP contribution in [-0.4, -0.2) is 65.8 Å². The van der Waals surface area contributed by atoms with Crippen molar-refractivity contribution < 1.29 is 15.3 Å². The van der Waals surface area contributed by atoms with Crippen molar-refractivity contribution in [1.29, 1.82) is 0 Å². The fourth-order valence-electron chi connectivity index (χ4n) is 3.60. The smallest absolute Gasteiger partial charge is 0.332 e. The van der Waals surface area contributed by atoms with Gasteiger partial charge in [0.25, 0.3) is 5.56 Å². The van der Waals surface area contributed by atoms with Crippen molar-refractivity contribution in [1.82, 2.24) is 24.0 Å². The van der Waals surface area contributed by atoms with E-state index in [1.165, 1.54) is 18.7 Å². The van der Waals surface area contributed by atoms with Gasteiger partial charge in [0.1, 0.15) is 5.75 Å². The van der Waals surface area contributed by atoms with E-state index in [-0.39, 0.29) is 49.2 Å². The highest BCUT2D eigenvalue weighted by Crippen LogP contribution is 2.16. The van der Waals surface area contributed by atoms with Crippen LogP contribution in [0.2, 0.25) is 0 Å². The van der Waals surface area contributed by atoms with Gasteiger partial charge in [-0.3, -0.25) is 13.9 Å². The van der Waals surface area contributed by atoms with Gasteiger partial charge in [-0.1, -0.05) is 12.1 Å².